The van der Waals surface area contributed by atoms with E-state index in [0.717, 1.165) is 0 Å². The Morgan fingerprint density at radius 1 is 1.33 bits per heavy atom. The first-order chi connectivity index (χ1) is 4.34. The molecule has 9 heavy (non-hydrogen) atoms. The number of aromatic hydroxyl groups is 1. The van der Waals surface area contributed by atoms with Crippen LogP contribution in [0, 0.1) is 0 Å². The molecule has 0 heterocycles. The molecule has 2 nitrogen and oxygen atoms in total. The van der Waals surface area contributed by atoms with Crippen molar-refractivity contribution in [2.45, 2.75) is 0 Å². The van der Waals surface area contributed by atoms with E-state index in [2.05, 4.69) is 16.8 Å². The Morgan fingerprint density at radius 2 is 2.00 bits per heavy atom. The van der Waals surface area contributed by atoms with Crippen molar-refractivity contribution in [2.75, 3.05) is 0 Å². The summed E-state index contributed by atoms with van der Waals surface area (Å²) in [6.45, 7) is 0. The first-order valence-corrected chi connectivity index (χ1v) is 2.82. The van der Waals surface area contributed by atoms with Crippen LogP contribution in [0.4, 0.5) is 5.69 Å². The topological polar surface area (TPSA) is 32.6 Å². The Morgan fingerprint density at radius 3 is 2.44 bits per heavy atom. The van der Waals surface area contributed by atoms with E-state index in [-0.39, 0.29) is 5.75 Å². The van der Waals surface area contributed by atoms with Crippen molar-refractivity contribution in [1.29, 1.82) is 0 Å². The minimum absolute atomic E-state index is 0.132. The summed E-state index contributed by atoms with van der Waals surface area (Å²) in [6, 6.07) is 6.69. The van der Waals surface area contributed by atoms with Gasteiger partial charge in [0.25, 0.3) is 0 Å². The van der Waals surface area contributed by atoms with Gasteiger partial charge in [-0.3, -0.25) is 0 Å². The molecule has 0 amide bonds. The molecule has 1 N–H and O–H groups in total. The van der Waals surface area contributed by atoms with Gasteiger partial charge in [0, 0.05) is 12.4 Å². The molecule has 0 aliphatic rings. The second kappa shape index (κ2) is 2.55. The minimum Gasteiger partial charge on any atom is -0.506 e. The van der Waals surface area contributed by atoms with Crippen molar-refractivity contribution in [1.82, 2.24) is 0 Å². The molecule has 1 aromatic rings. The molecule has 0 atom stereocenters. The van der Waals surface area contributed by atoms with E-state index in [4.69, 9.17) is 5.11 Å². The maximum absolute atomic E-state index is 8.95. The summed E-state index contributed by atoms with van der Waals surface area (Å²) in [7, 11) is 0. The van der Waals surface area contributed by atoms with Crippen molar-refractivity contribution >= 4 is 18.1 Å². The van der Waals surface area contributed by atoms with Crippen molar-refractivity contribution < 1.29 is 5.11 Å². The molecule has 0 fully saturated rings. The number of hydrogen-bond acceptors (Lipinski definition) is 3. The van der Waals surface area contributed by atoms with E-state index in [9.17, 15) is 0 Å². The zero-order valence-electron chi connectivity index (χ0n) is 4.61. The lowest BCUT2D eigenvalue weighted by Gasteiger charge is -1.91. The number of rotatable bonds is 1. The Bertz CT molecular complexity index is 224. The van der Waals surface area contributed by atoms with Gasteiger partial charge in [0.05, 0.1) is 0 Å². The van der Waals surface area contributed by atoms with Gasteiger partial charge in [-0.1, -0.05) is 12.1 Å². The van der Waals surface area contributed by atoms with Crippen molar-refractivity contribution in [2.24, 2.45) is 4.36 Å². The van der Waals surface area contributed by atoms with Gasteiger partial charge in [-0.15, -0.1) is 0 Å². The van der Waals surface area contributed by atoms with Crippen LogP contribution < -0.4 is 0 Å². The lowest BCUT2D eigenvalue weighted by Crippen LogP contribution is -1.63. The molecule has 0 spiro atoms. The third-order valence-electron chi connectivity index (χ3n) is 0.980. The van der Waals surface area contributed by atoms with Crippen LogP contribution in [0.2, 0.25) is 0 Å². The summed E-state index contributed by atoms with van der Waals surface area (Å²) in [6.07, 6.45) is 0. The predicted octanol–water partition coefficient (Wildman–Crippen LogP) is 1.75. The molecule has 0 aliphatic heterocycles. The summed E-state index contributed by atoms with van der Waals surface area (Å²) >= 11 is 4.37. The van der Waals surface area contributed by atoms with E-state index in [1.807, 2.05) is 0 Å². The lowest BCUT2D eigenvalue weighted by molar-refractivity contribution is 0.477. The normalized spacial score (nSPS) is 8.89. The van der Waals surface area contributed by atoms with Crippen molar-refractivity contribution in [3.8, 4) is 5.75 Å². The molecule has 3 heteroatoms. The second-order valence-electron chi connectivity index (χ2n) is 1.58. The summed E-state index contributed by atoms with van der Waals surface area (Å²) in [5.74, 6) is 0.132. The summed E-state index contributed by atoms with van der Waals surface area (Å²) in [5.41, 5.74) is 0.451. The van der Waals surface area contributed by atoms with Gasteiger partial charge >= 0.3 is 0 Å². The third-order valence-corrected chi connectivity index (χ3v) is 1.18. The highest BCUT2D eigenvalue weighted by atomic mass is 32.1. The number of para-hydroxylation sites is 1. The summed E-state index contributed by atoms with van der Waals surface area (Å²) < 4.78 is 3.40. The highest BCUT2D eigenvalue weighted by molar-refractivity contribution is 7.47. The highest BCUT2D eigenvalue weighted by Crippen LogP contribution is 2.23. The van der Waals surface area contributed by atoms with E-state index in [1.54, 1.807) is 24.3 Å². The van der Waals surface area contributed by atoms with Crippen LogP contribution in [0.15, 0.2) is 28.6 Å². The molecule has 0 aromatic heterocycles. The van der Waals surface area contributed by atoms with Crippen LogP contribution in [-0.2, 0) is 12.4 Å². The Balaban J connectivity index is 3.15. The molecule has 0 aliphatic carbocycles. The predicted molar refractivity (Wildman–Crippen MR) is 37.6 cm³/mol. The van der Waals surface area contributed by atoms with E-state index in [1.165, 1.54) is 0 Å². The number of nitrogens with zero attached hydrogens (tertiary/aromatic N) is 1. The number of benzene rings is 1. The number of hydrogen-bond donors (Lipinski definition) is 1. The van der Waals surface area contributed by atoms with Crippen LogP contribution in [-0.4, -0.2) is 5.11 Å². The first kappa shape index (κ1) is 6.16. The van der Waals surface area contributed by atoms with Gasteiger partial charge in [0.1, 0.15) is 11.4 Å². The summed E-state index contributed by atoms with van der Waals surface area (Å²) in [5, 5.41) is 8.95. The van der Waals surface area contributed by atoms with E-state index in [0.29, 0.717) is 5.69 Å². The second-order valence-corrected chi connectivity index (χ2v) is 1.76. The quantitative estimate of drug-likeness (QED) is 0.643. The number of phenols is 1. The third kappa shape index (κ3) is 1.23. The Hall–Kier alpha value is -0.960. The zero-order valence-corrected chi connectivity index (χ0v) is 5.43. The fraction of sp³-hybridized carbons (Fsp3) is 0. The molecule has 0 unspecified atom stereocenters. The van der Waals surface area contributed by atoms with Crippen molar-refractivity contribution in [3.63, 3.8) is 0 Å². The summed E-state index contributed by atoms with van der Waals surface area (Å²) in [4.78, 5) is 0. The minimum atomic E-state index is 0.132. The zero-order chi connectivity index (χ0) is 6.69. The van der Waals surface area contributed by atoms with Gasteiger partial charge in [0.2, 0.25) is 0 Å². The molecular weight excluding hydrogens is 134 g/mol. The molecule has 1 rings (SSSR count). The number of phenolic OH excluding ortho intramolecular Hbond substituents is 1. The maximum Gasteiger partial charge on any atom is 0.142 e. The monoisotopic (exact) mass is 139 g/mol. The van der Waals surface area contributed by atoms with Crippen LogP contribution >= 0.6 is 0 Å². The van der Waals surface area contributed by atoms with Gasteiger partial charge in [0.15, 0.2) is 0 Å². The van der Waals surface area contributed by atoms with Gasteiger partial charge in [-0.05, 0) is 12.1 Å². The Kier molecular flexibility index (Phi) is 1.75. The van der Waals surface area contributed by atoms with Gasteiger partial charge in [-0.2, -0.15) is 4.36 Å². The van der Waals surface area contributed by atoms with Crippen molar-refractivity contribution in [3.05, 3.63) is 24.3 Å². The Labute approximate surface area is 58.3 Å². The fourth-order valence-electron chi connectivity index (χ4n) is 0.541. The molecule has 0 bridgehead atoms. The molecule has 46 valence electrons. The van der Waals surface area contributed by atoms with Crippen LogP contribution in [0.25, 0.3) is 0 Å². The molecule has 0 saturated carbocycles. The first-order valence-electron chi connectivity index (χ1n) is 2.46. The standard InChI is InChI=1S/C6H5NOS/c8-6-4-2-1-3-5(6)7-9/h1-4,8H. The molecule has 0 radical (unpaired) electrons. The molecule has 0 saturated heterocycles. The smallest absolute Gasteiger partial charge is 0.142 e. The average Bonchev–Trinajstić information content (AvgIpc) is 1.89. The van der Waals surface area contributed by atoms with Crippen LogP contribution in [0.3, 0.4) is 0 Å². The molecular formula is C6H5NOS. The maximum atomic E-state index is 8.95. The highest BCUT2D eigenvalue weighted by Gasteiger charge is 1.92. The van der Waals surface area contributed by atoms with Crippen LogP contribution in [0.1, 0.15) is 0 Å². The fourth-order valence-corrected chi connectivity index (χ4v) is 0.696. The largest absolute Gasteiger partial charge is 0.506 e. The van der Waals surface area contributed by atoms with Gasteiger partial charge < -0.3 is 5.11 Å². The van der Waals surface area contributed by atoms with Gasteiger partial charge in [-0.25, -0.2) is 0 Å². The molecule has 1 aromatic carbocycles. The SMILES string of the molecule is Oc1ccccc1N=S. The van der Waals surface area contributed by atoms with Crippen LogP contribution in [0.5, 0.6) is 5.75 Å². The van der Waals surface area contributed by atoms with E-state index >= 15 is 0 Å². The average molecular weight is 139 g/mol. The van der Waals surface area contributed by atoms with E-state index < -0.39 is 0 Å². The lowest BCUT2D eigenvalue weighted by atomic mass is 10.3.